The second kappa shape index (κ2) is 9.09. The van der Waals surface area contributed by atoms with Crippen molar-refractivity contribution in [2.24, 2.45) is 0 Å². The first-order valence-electron chi connectivity index (χ1n) is 11.8. The third-order valence-corrected chi connectivity index (χ3v) is 6.56. The van der Waals surface area contributed by atoms with Gasteiger partial charge >= 0.3 is 6.09 Å². The lowest BCUT2D eigenvalue weighted by Crippen LogP contribution is -2.50. The summed E-state index contributed by atoms with van der Waals surface area (Å²) in [7, 11) is 0. The zero-order chi connectivity index (χ0) is 23.9. The number of rotatable bonds is 5. The third kappa shape index (κ3) is 5.29. The van der Waals surface area contributed by atoms with Crippen LogP contribution in [0.3, 0.4) is 0 Å². The van der Waals surface area contributed by atoms with Gasteiger partial charge in [-0.25, -0.2) is 14.8 Å². The average Bonchev–Trinajstić information content (AvgIpc) is 3.55. The van der Waals surface area contributed by atoms with Gasteiger partial charge in [0.05, 0.1) is 17.9 Å². The maximum absolute atomic E-state index is 12.5. The molecule has 0 spiro atoms. The van der Waals surface area contributed by atoms with Crippen LogP contribution in [0.25, 0.3) is 5.65 Å². The summed E-state index contributed by atoms with van der Waals surface area (Å²) in [5.41, 5.74) is 4.97. The number of aromatic nitrogens is 3. The molecule has 1 aliphatic carbocycles. The van der Waals surface area contributed by atoms with E-state index in [9.17, 15) is 4.79 Å². The molecule has 2 fully saturated rings. The van der Waals surface area contributed by atoms with Crippen molar-refractivity contribution in [2.45, 2.75) is 51.7 Å². The lowest BCUT2D eigenvalue weighted by Gasteiger charge is -2.37. The number of anilines is 2. The Morgan fingerprint density at radius 1 is 1.18 bits per heavy atom. The van der Waals surface area contributed by atoms with Crippen molar-refractivity contribution >= 4 is 39.0 Å². The number of ether oxygens (including phenoxy) is 1. The van der Waals surface area contributed by atoms with Crippen LogP contribution in [0.4, 0.5) is 16.2 Å². The molecule has 3 aromatic heterocycles. The SMILES string of the molecule is CC(C)(C)OC(=O)N1CCN(c2cc(C3CC3)cn3cc(CNc4ccnc(Br)c4)nc23)CC1. The quantitative estimate of drug-likeness (QED) is 0.469. The van der Waals surface area contributed by atoms with Gasteiger partial charge in [0, 0.05) is 50.5 Å². The summed E-state index contributed by atoms with van der Waals surface area (Å²) in [6.45, 7) is 9.13. The zero-order valence-electron chi connectivity index (χ0n) is 19.9. The molecule has 2 aliphatic rings. The maximum atomic E-state index is 12.5. The lowest BCUT2D eigenvalue weighted by molar-refractivity contribution is 0.0240. The summed E-state index contributed by atoms with van der Waals surface area (Å²) in [6.07, 6.45) is 8.38. The Hall–Kier alpha value is -2.81. The van der Waals surface area contributed by atoms with Gasteiger partial charge in [0.1, 0.15) is 10.2 Å². The summed E-state index contributed by atoms with van der Waals surface area (Å²) in [4.78, 5) is 25.8. The molecule has 5 rings (SSSR count). The van der Waals surface area contributed by atoms with Gasteiger partial charge in [-0.3, -0.25) is 0 Å². The Bertz CT molecular complexity index is 1190. The number of halogens is 1. The van der Waals surface area contributed by atoms with Crippen molar-refractivity contribution in [3.05, 3.63) is 52.7 Å². The molecule has 9 heteroatoms. The zero-order valence-corrected chi connectivity index (χ0v) is 21.5. The highest BCUT2D eigenvalue weighted by Crippen LogP contribution is 2.42. The number of pyridine rings is 2. The fourth-order valence-corrected chi connectivity index (χ4v) is 4.64. The van der Waals surface area contributed by atoms with Crippen LogP contribution in [-0.2, 0) is 11.3 Å². The van der Waals surface area contributed by atoms with Crippen LogP contribution in [0.15, 0.2) is 41.4 Å². The van der Waals surface area contributed by atoms with E-state index in [1.165, 1.54) is 18.4 Å². The fourth-order valence-electron chi connectivity index (χ4n) is 4.27. The topological polar surface area (TPSA) is 75.0 Å². The molecular formula is C25H31BrN6O2. The van der Waals surface area contributed by atoms with Crippen LogP contribution in [0, 0.1) is 0 Å². The van der Waals surface area contributed by atoms with E-state index in [2.05, 4.69) is 54.0 Å². The molecule has 8 nitrogen and oxygen atoms in total. The molecule has 1 saturated carbocycles. The van der Waals surface area contributed by atoms with Gasteiger partial charge in [0.25, 0.3) is 0 Å². The largest absolute Gasteiger partial charge is 0.444 e. The maximum Gasteiger partial charge on any atom is 0.410 e. The van der Waals surface area contributed by atoms with E-state index in [0.29, 0.717) is 25.6 Å². The number of carbonyl (C=O) groups is 1. The highest BCUT2D eigenvalue weighted by atomic mass is 79.9. The number of carbonyl (C=O) groups excluding carboxylic acids is 1. The molecule has 180 valence electrons. The summed E-state index contributed by atoms with van der Waals surface area (Å²) in [5, 5.41) is 3.43. The highest BCUT2D eigenvalue weighted by molar-refractivity contribution is 9.10. The molecule has 1 aliphatic heterocycles. The summed E-state index contributed by atoms with van der Waals surface area (Å²) in [6, 6.07) is 6.21. The van der Waals surface area contributed by atoms with Gasteiger partial charge in [0.2, 0.25) is 0 Å². The molecule has 0 radical (unpaired) electrons. The molecule has 1 saturated heterocycles. The molecule has 1 amide bonds. The van der Waals surface area contributed by atoms with Gasteiger partial charge < -0.3 is 24.3 Å². The Balaban J connectivity index is 1.34. The summed E-state index contributed by atoms with van der Waals surface area (Å²) < 4.78 is 8.53. The number of nitrogens with zero attached hydrogens (tertiary/aromatic N) is 5. The molecule has 0 atom stereocenters. The Morgan fingerprint density at radius 3 is 2.62 bits per heavy atom. The fraction of sp³-hybridized carbons (Fsp3) is 0.480. The van der Waals surface area contributed by atoms with Crippen LogP contribution in [0.5, 0.6) is 0 Å². The van der Waals surface area contributed by atoms with Crippen LogP contribution < -0.4 is 10.2 Å². The minimum absolute atomic E-state index is 0.235. The number of fused-ring (bicyclic) bond motifs is 1. The van der Waals surface area contributed by atoms with Crippen LogP contribution >= 0.6 is 15.9 Å². The number of nitrogens with one attached hydrogen (secondary N) is 1. The summed E-state index contributed by atoms with van der Waals surface area (Å²) in [5.74, 6) is 0.643. The Labute approximate surface area is 208 Å². The van der Waals surface area contributed by atoms with E-state index in [1.54, 1.807) is 11.1 Å². The van der Waals surface area contributed by atoms with Gasteiger partial charge in [0.15, 0.2) is 5.65 Å². The van der Waals surface area contributed by atoms with Crippen molar-refractivity contribution in [2.75, 3.05) is 36.4 Å². The number of hydrogen-bond acceptors (Lipinski definition) is 6. The molecule has 0 bridgehead atoms. The predicted molar refractivity (Wildman–Crippen MR) is 136 cm³/mol. The third-order valence-electron chi connectivity index (χ3n) is 6.12. The first kappa shape index (κ1) is 23.0. The minimum Gasteiger partial charge on any atom is -0.444 e. The van der Waals surface area contributed by atoms with Crippen LogP contribution in [0.2, 0.25) is 0 Å². The summed E-state index contributed by atoms with van der Waals surface area (Å²) >= 11 is 3.42. The van der Waals surface area contributed by atoms with E-state index < -0.39 is 5.60 Å². The van der Waals surface area contributed by atoms with E-state index >= 15 is 0 Å². The first-order chi connectivity index (χ1) is 16.2. The molecule has 0 aromatic carbocycles. The van der Waals surface area contributed by atoms with Crippen LogP contribution in [0.1, 0.15) is 50.8 Å². The second-order valence-electron chi connectivity index (χ2n) is 10.1. The first-order valence-corrected chi connectivity index (χ1v) is 12.6. The lowest BCUT2D eigenvalue weighted by atomic mass is 10.1. The standard InChI is InChI=1S/C25H31BrN6O2/c1-25(2,3)34-24(33)31-10-8-30(9-11-31)21-12-18(17-4-5-17)15-32-16-20(29-23(21)32)14-28-19-6-7-27-22(26)13-19/h6-7,12-13,15-17H,4-5,8-11,14H2,1-3H3,(H,27,28). The van der Waals surface area contributed by atoms with Crippen molar-refractivity contribution in [1.82, 2.24) is 19.3 Å². The monoisotopic (exact) mass is 526 g/mol. The Kier molecular flexibility index (Phi) is 6.14. The van der Waals surface area contributed by atoms with E-state index in [-0.39, 0.29) is 6.09 Å². The number of imidazole rings is 1. The van der Waals surface area contributed by atoms with Gasteiger partial charge in [-0.2, -0.15) is 0 Å². The Morgan fingerprint density at radius 2 is 1.94 bits per heavy atom. The minimum atomic E-state index is -0.481. The molecule has 34 heavy (non-hydrogen) atoms. The molecule has 1 N–H and O–H groups in total. The van der Waals surface area contributed by atoms with Crippen molar-refractivity contribution in [3.8, 4) is 0 Å². The van der Waals surface area contributed by atoms with Crippen molar-refractivity contribution < 1.29 is 9.53 Å². The smallest absolute Gasteiger partial charge is 0.410 e. The van der Waals surface area contributed by atoms with Gasteiger partial charge in [-0.15, -0.1) is 0 Å². The predicted octanol–water partition coefficient (Wildman–Crippen LogP) is 5.04. The normalized spacial score (nSPS) is 16.7. The number of amides is 1. The highest BCUT2D eigenvalue weighted by Gasteiger charge is 2.29. The van der Waals surface area contributed by atoms with E-state index in [4.69, 9.17) is 9.72 Å². The molecular weight excluding hydrogens is 496 g/mol. The number of piperazine rings is 1. The number of hydrogen-bond donors (Lipinski definition) is 1. The van der Waals surface area contributed by atoms with E-state index in [0.717, 1.165) is 40.4 Å². The molecule has 3 aromatic rings. The molecule has 0 unspecified atom stereocenters. The van der Waals surface area contributed by atoms with Gasteiger partial charge in [-0.05, 0) is 79.2 Å². The second-order valence-corrected chi connectivity index (χ2v) is 10.9. The van der Waals surface area contributed by atoms with Gasteiger partial charge in [-0.1, -0.05) is 0 Å². The van der Waals surface area contributed by atoms with Crippen LogP contribution in [-0.4, -0.2) is 57.1 Å². The van der Waals surface area contributed by atoms with Crippen molar-refractivity contribution in [3.63, 3.8) is 0 Å². The average molecular weight is 527 g/mol. The van der Waals surface area contributed by atoms with Crippen molar-refractivity contribution in [1.29, 1.82) is 0 Å². The molecule has 4 heterocycles. The van der Waals surface area contributed by atoms with E-state index in [1.807, 2.05) is 32.9 Å².